The number of aliphatic hydroxyl groups excluding tert-OH is 1. The van der Waals surface area contributed by atoms with Gasteiger partial charge in [-0.1, -0.05) is 70.4 Å². The second kappa shape index (κ2) is 6.05. The average Bonchev–Trinajstić information content (AvgIpc) is 2.30. The van der Waals surface area contributed by atoms with Crippen LogP contribution >= 0.6 is 0 Å². The Morgan fingerprint density at radius 1 is 1.12 bits per heavy atom. The summed E-state index contributed by atoms with van der Waals surface area (Å²) in [6.45, 7) is 6.44. The highest BCUT2D eigenvalue weighted by Gasteiger charge is 2.28. The van der Waals surface area contributed by atoms with E-state index in [0.29, 0.717) is 0 Å². The maximum atomic E-state index is 10.3. The van der Waals surface area contributed by atoms with Crippen molar-refractivity contribution in [2.45, 2.75) is 58.0 Å². The van der Waals surface area contributed by atoms with Gasteiger partial charge in [-0.15, -0.1) is 0 Å². The highest BCUT2D eigenvalue weighted by atomic mass is 16.3. The lowest BCUT2D eigenvalue weighted by Gasteiger charge is -2.31. The maximum absolute atomic E-state index is 10.3. The SMILES string of the molecule is CCCCCC(O)C(C)(C)c1ccccc1. The molecule has 1 aromatic carbocycles. The van der Waals surface area contributed by atoms with Gasteiger partial charge in [0.15, 0.2) is 0 Å². The van der Waals surface area contributed by atoms with Crippen LogP contribution in [0.4, 0.5) is 0 Å². The molecule has 90 valence electrons. The van der Waals surface area contributed by atoms with E-state index >= 15 is 0 Å². The number of rotatable bonds is 6. The standard InChI is InChI=1S/C15H24O/c1-4-5-7-12-14(16)15(2,3)13-10-8-6-9-11-13/h6,8-11,14,16H,4-5,7,12H2,1-3H3. The Morgan fingerprint density at radius 2 is 1.75 bits per heavy atom. The van der Waals surface area contributed by atoms with E-state index in [4.69, 9.17) is 0 Å². The monoisotopic (exact) mass is 220 g/mol. The summed E-state index contributed by atoms with van der Waals surface area (Å²) < 4.78 is 0. The molecule has 1 heteroatoms. The summed E-state index contributed by atoms with van der Waals surface area (Å²) in [4.78, 5) is 0. The molecular formula is C15H24O. The molecule has 1 unspecified atom stereocenters. The third-order valence-corrected chi connectivity index (χ3v) is 3.43. The summed E-state index contributed by atoms with van der Waals surface area (Å²) in [5.41, 5.74) is 1.08. The van der Waals surface area contributed by atoms with Crippen molar-refractivity contribution in [3.8, 4) is 0 Å². The topological polar surface area (TPSA) is 20.2 Å². The molecule has 0 saturated heterocycles. The number of hydrogen-bond acceptors (Lipinski definition) is 1. The van der Waals surface area contributed by atoms with E-state index in [1.54, 1.807) is 0 Å². The van der Waals surface area contributed by atoms with Gasteiger partial charge in [-0.2, -0.15) is 0 Å². The van der Waals surface area contributed by atoms with E-state index in [9.17, 15) is 5.11 Å². The van der Waals surface area contributed by atoms with E-state index in [1.165, 1.54) is 18.4 Å². The molecular weight excluding hydrogens is 196 g/mol. The number of benzene rings is 1. The molecule has 0 aromatic heterocycles. The van der Waals surface area contributed by atoms with Gasteiger partial charge in [-0.05, 0) is 12.0 Å². The van der Waals surface area contributed by atoms with Crippen LogP contribution < -0.4 is 0 Å². The van der Waals surface area contributed by atoms with Crippen molar-refractivity contribution in [3.05, 3.63) is 35.9 Å². The van der Waals surface area contributed by atoms with Crippen LogP contribution in [-0.4, -0.2) is 11.2 Å². The normalized spacial score (nSPS) is 13.8. The molecule has 0 fully saturated rings. The molecule has 0 amide bonds. The van der Waals surface area contributed by atoms with Crippen molar-refractivity contribution in [3.63, 3.8) is 0 Å². The lowest BCUT2D eigenvalue weighted by atomic mass is 9.77. The van der Waals surface area contributed by atoms with Crippen LogP contribution in [0.25, 0.3) is 0 Å². The molecule has 0 bridgehead atoms. The number of aliphatic hydroxyl groups is 1. The van der Waals surface area contributed by atoms with Crippen molar-refractivity contribution in [1.29, 1.82) is 0 Å². The second-order valence-electron chi connectivity index (χ2n) is 5.10. The summed E-state index contributed by atoms with van der Waals surface area (Å²) in [5, 5.41) is 10.3. The van der Waals surface area contributed by atoms with E-state index in [2.05, 4.69) is 32.9 Å². The van der Waals surface area contributed by atoms with Crippen molar-refractivity contribution in [2.75, 3.05) is 0 Å². The van der Waals surface area contributed by atoms with E-state index in [0.717, 1.165) is 12.8 Å². The molecule has 0 spiro atoms. The van der Waals surface area contributed by atoms with Gasteiger partial charge >= 0.3 is 0 Å². The van der Waals surface area contributed by atoms with Gasteiger partial charge in [-0.3, -0.25) is 0 Å². The zero-order valence-corrected chi connectivity index (χ0v) is 10.7. The van der Waals surface area contributed by atoms with Gasteiger partial charge in [0.1, 0.15) is 0 Å². The van der Waals surface area contributed by atoms with Crippen molar-refractivity contribution >= 4 is 0 Å². The summed E-state index contributed by atoms with van der Waals surface area (Å²) in [5.74, 6) is 0. The number of unbranched alkanes of at least 4 members (excludes halogenated alkanes) is 2. The smallest absolute Gasteiger partial charge is 0.0631 e. The number of hydrogen-bond donors (Lipinski definition) is 1. The van der Waals surface area contributed by atoms with Crippen molar-refractivity contribution in [2.24, 2.45) is 0 Å². The molecule has 1 aromatic rings. The Kier molecular flexibility index (Phi) is 5.01. The highest BCUT2D eigenvalue weighted by molar-refractivity contribution is 5.24. The largest absolute Gasteiger partial charge is 0.392 e. The summed E-state index contributed by atoms with van der Waals surface area (Å²) in [7, 11) is 0. The Labute approximate surface area is 99.5 Å². The fraction of sp³-hybridized carbons (Fsp3) is 0.600. The molecule has 16 heavy (non-hydrogen) atoms. The summed E-state index contributed by atoms with van der Waals surface area (Å²) in [6.07, 6.45) is 4.19. The lowest BCUT2D eigenvalue weighted by molar-refractivity contribution is 0.0886. The zero-order chi connectivity index (χ0) is 12.0. The molecule has 0 aliphatic heterocycles. The molecule has 0 heterocycles. The van der Waals surface area contributed by atoms with Gasteiger partial charge < -0.3 is 5.11 Å². The summed E-state index contributed by atoms with van der Waals surface area (Å²) >= 11 is 0. The van der Waals surface area contributed by atoms with Crippen LogP contribution in [0.3, 0.4) is 0 Å². The van der Waals surface area contributed by atoms with Crippen molar-refractivity contribution < 1.29 is 5.11 Å². The quantitative estimate of drug-likeness (QED) is 0.721. The molecule has 1 nitrogen and oxygen atoms in total. The summed E-state index contributed by atoms with van der Waals surface area (Å²) in [6, 6.07) is 10.3. The van der Waals surface area contributed by atoms with Gasteiger partial charge in [-0.25, -0.2) is 0 Å². The van der Waals surface area contributed by atoms with Crippen LogP contribution in [0.1, 0.15) is 52.0 Å². The molecule has 0 radical (unpaired) electrons. The van der Waals surface area contributed by atoms with Crippen LogP contribution in [0, 0.1) is 0 Å². The first kappa shape index (κ1) is 13.2. The van der Waals surface area contributed by atoms with E-state index in [1.807, 2.05) is 18.2 Å². The fourth-order valence-corrected chi connectivity index (χ4v) is 2.01. The van der Waals surface area contributed by atoms with E-state index < -0.39 is 0 Å². The Morgan fingerprint density at radius 3 is 2.31 bits per heavy atom. The first-order valence-corrected chi connectivity index (χ1v) is 6.32. The van der Waals surface area contributed by atoms with Gasteiger partial charge in [0, 0.05) is 5.41 Å². The maximum Gasteiger partial charge on any atom is 0.0631 e. The van der Waals surface area contributed by atoms with Crippen LogP contribution in [-0.2, 0) is 5.41 Å². The lowest BCUT2D eigenvalue weighted by Crippen LogP contribution is -2.33. The minimum Gasteiger partial charge on any atom is -0.392 e. The molecule has 0 saturated carbocycles. The molecule has 1 N–H and O–H groups in total. The van der Waals surface area contributed by atoms with Gasteiger partial charge in [0.25, 0.3) is 0 Å². The second-order valence-corrected chi connectivity index (χ2v) is 5.10. The Balaban J connectivity index is 2.62. The Hall–Kier alpha value is -0.820. The predicted octanol–water partition coefficient (Wildman–Crippen LogP) is 3.91. The molecule has 1 rings (SSSR count). The van der Waals surface area contributed by atoms with Gasteiger partial charge in [0.05, 0.1) is 6.10 Å². The first-order valence-electron chi connectivity index (χ1n) is 6.32. The average molecular weight is 220 g/mol. The zero-order valence-electron chi connectivity index (χ0n) is 10.7. The van der Waals surface area contributed by atoms with Gasteiger partial charge in [0.2, 0.25) is 0 Å². The fourth-order valence-electron chi connectivity index (χ4n) is 2.01. The first-order chi connectivity index (χ1) is 7.59. The minimum atomic E-state index is -0.249. The third-order valence-electron chi connectivity index (χ3n) is 3.43. The minimum absolute atomic E-state index is 0.144. The third kappa shape index (κ3) is 3.34. The van der Waals surface area contributed by atoms with Crippen LogP contribution in [0.2, 0.25) is 0 Å². The van der Waals surface area contributed by atoms with E-state index in [-0.39, 0.29) is 11.5 Å². The van der Waals surface area contributed by atoms with Crippen LogP contribution in [0.5, 0.6) is 0 Å². The Bertz CT molecular complexity index is 290. The van der Waals surface area contributed by atoms with Crippen molar-refractivity contribution in [1.82, 2.24) is 0 Å². The predicted molar refractivity (Wildman–Crippen MR) is 69.6 cm³/mol. The van der Waals surface area contributed by atoms with Crippen LogP contribution in [0.15, 0.2) is 30.3 Å². The molecule has 1 atom stereocenters. The highest BCUT2D eigenvalue weighted by Crippen LogP contribution is 2.29. The molecule has 0 aliphatic rings. The molecule has 0 aliphatic carbocycles.